The third-order valence-corrected chi connectivity index (χ3v) is 4.31. The van der Waals surface area contributed by atoms with E-state index in [2.05, 4.69) is 31.9 Å². The molecule has 2 rings (SSSR count). The summed E-state index contributed by atoms with van der Waals surface area (Å²) in [7, 11) is 0. The van der Waals surface area contributed by atoms with E-state index in [0.29, 0.717) is 14.9 Å². The van der Waals surface area contributed by atoms with Gasteiger partial charge in [-0.05, 0) is 62.2 Å². The lowest BCUT2D eigenvalue weighted by atomic mass is 10.2. The summed E-state index contributed by atoms with van der Waals surface area (Å²) in [6.45, 7) is 0. The van der Waals surface area contributed by atoms with Gasteiger partial charge >= 0.3 is 5.97 Å². The lowest BCUT2D eigenvalue weighted by molar-refractivity contribution is 0.0695. The standard InChI is InChI=1S/C12H8Br2O3S/c13-10-3-2-8(5-9(10)12(15)16)18-6-7-1-4-11(14)17-7/h1-5H,6H2,(H,15,16). The Kier molecular flexibility index (Phi) is 4.53. The average molecular weight is 392 g/mol. The molecule has 6 heteroatoms. The molecule has 0 radical (unpaired) electrons. The summed E-state index contributed by atoms with van der Waals surface area (Å²) >= 11 is 7.98. The highest BCUT2D eigenvalue weighted by Crippen LogP contribution is 2.28. The predicted octanol–water partition coefficient (Wildman–Crippen LogP) is 4.80. The van der Waals surface area contributed by atoms with Gasteiger partial charge in [-0.1, -0.05) is 0 Å². The van der Waals surface area contributed by atoms with Crippen LogP contribution in [0.1, 0.15) is 16.1 Å². The highest BCUT2D eigenvalue weighted by molar-refractivity contribution is 9.10. The number of hydrogen-bond acceptors (Lipinski definition) is 3. The van der Waals surface area contributed by atoms with E-state index in [4.69, 9.17) is 9.52 Å². The fourth-order valence-corrected chi connectivity index (χ4v) is 2.93. The molecule has 1 heterocycles. The van der Waals surface area contributed by atoms with Crippen molar-refractivity contribution >= 4 is 49.6 Å². The minimum atomic E-state index is -0.940. The molecule has 0 bridgehead atoms. The first-order chi connectivity index (χ1) is 8.56. The minimum Gasteiger partial charge on any atom is -0.478 e. The van der Waals surface area contributed by atoms with Crippen molar-refractivity contribution in [1.29, 1.82) is 0 Å². The fourth-order valence-electron chi connectivity index (χ4n) is 1.34. The van der Waals surface area contributed by atoms with Gasteiger partial charge in [0.05, 0.1) is 11.3 Å². The molecular formula is C12H8Br2O3S. The SMILES string of the molecule is O=C(O)c1cc(SCc2ccc(Br)o2)ccc1Br. The van der Waals surface area contributed by atoms with E-state index < -0.39 is 5.97 Å². The molecule has 0 amide bonds. The molecule has 0 aliphatic heterocycles. The molecule has 0 atom stereocenters. The van der Waals surface area contributed by atoms with Gasteiger partial charge in [0.25, 0.3) is 0 Å². The molecule has 0 saturated carbocycles. The van der Waals surface area contributed by atoms with Crippen molar-refractivity contribution in [2.24, 2.45) is 0 Å². The molecule has 2 aromatic rings. The van der Waals surface area contributed by atoms with Gasteiger partial charge < -0.3 is 9.52 Å². The van der Waals surface area contributed by atoms with E-state index in [-0.39, 0.29) is 5.56 Å². The lowest BCUT2D eigenvalue weighted by Gasteiger charge is -2.03. The molecule has 1 N–H and O–H groups in total. The number of benzene rings is 1. The molecule has 0 unspecified atom stereocenters. The number of rotatable bonds is 4. The second-order valence-corrected chi connectivity index (χ2v) is 6.13. The van der Waals surface area contributed by atoms with Gasteiger partial charge in [-0.25, -0.2) is 4.79 Å². The zero-order valence-electron chi connectivity index (χ0n) is 9.02. The summed E-state index contributed by atoms with van der Waals surface area (Å²) in [6.07, 6.45) is 0. The van der Waals surface area contributed by atoms with E-state index in [1.54, 1.807) is 12.1 Å². The highest BCUT2D eigenvalue weighted by Gasteiger charge is 2.09. The van der Waals surface area contributed by atoms with Crippen LogP contribution < -0.4 is 0 Å². The molecule has 1 aromatic carbocycles. The number of halogens is 2. The Morgan fingerprint density at radius 1 is 1.28 bits per heavy atom. The van der Waals surface area contributed by atoms with E-state index >= 15 is 0 Å². The van der Waals surface area contributed by atoms with Crippen molar-refractivity contribution < 1.29 is 14.3 Å². The van der Waals surface area contributed by atoms with E-state index in [0.717, 1.165) is 10.7 Å². The molecule has 0 spiro atoms. The van der Waals surface area contributed by atoms with Crippen LogP contribution in [0.25, 0.3) is 0 Å². The monoisotopic (exact) mass is 390 g/mol. The number of hydrogen-bond donors (Lipinski definition) is 1. The van der Waals surface area contributed by atoms with Crippen LogP contribution in [0.2, 0.25) is 0 Å². The van der Waals surface area contributed by atoms with Gasteiger partial charge in [-0.3, -0.25) is 0 Å². The number of carbonyl (C=O) groups is 1. The van der Waals surface area contributed by atoms with Gasteiger partial charge in [0.1, 0.15) is 5.76 Å². The molecule has 18 heavy (non-hydrogen) atoms. The zero-order valence-corrected chi connectivity index (χ0v) is 13.0. The Balaban J connectivity index is 2.10. The maximum atomic E-state index is 11.0. The van der Waals surface area contributed by atoms with Crippen LogP contribution in [0.3, 0.4) is 0 Å². The predicted molar refractivity (Wildman–Crippen MR) is 77.1 cm³/mol. The van der Waals surface area contributed by atoms with Gasteiger partial charge in [0, 0.05) is 9.37 Å². The van der Waals surface area contributed by atoms with Crippen molar-refractivity contribution in [1.82, 2.24) is 0 Å². The Hall–Kier alpha value is -0.720. The molecule has 3 nitrogen and oxygen atoms in total. The van der Waals surface area contributed by atoms with Crippen LogP contribution >= 0.6 is 43.6 Å². The van der Waals surface area contributed by atoms with E-state index in [1.807, 2.05) is 18.2 Å². The number of carboxylic acids is 1. The van der Waals surface area contributed by atoms with Gasteiger partial charge in [0.2, 0.25) is 0 Å². The van der Waals surface area contributed by atoms with Crippen LogP contribution in [0.5, 0.6) is 0 Å². The lowest BCUT2D eigenvalue weighted by Crippen LogP contribution is -1.97. The number of carboxylic acid groups (broad SMARTS) is 1. The quantitative estimate of drug-likeness (QED) is 0.761. The molecule has 94 valence electrons. The molecule has 0 fully saturated rings. The van der Waals surface area contributed by atoms with Gasteiger partial charge in [-0.2, -0.15) is 0 Å². The Labute approximate surface area is 125 Å². The molecule has 0 saturated heterocycles. The molecule has 1 aromatic heterocycles. The van der Waals surface area contributed by atoms with Gasteiger partial charge in [-0.15, -0.1) is 11.8 Å². The van der Waals surface area contributed by atoms with Crippen LogP contribution in [0, 0.1) is 0 Å². The van der Waals surface area contributed by atoms with E-state index in [1.165, 1.54) is 11.8 Å². The minimum absolute atomic E-state index is 0.264. The smallest absolute Gasteiger partial charge is 0.336 e. The second-order valence-electron chi connectivity index (χ2n) is 3.44. The third-order valence-electron chi connectivity index (χ3n) is 2.18. The third kappa shape index (κ3) is 3.40. The fraction of sp³-hybridized carbons (Fsp3) is 0.0833. The summed E-state index contributed by atoms with van der Waals surface area (Å²) in [5, 5.41) is 9.01. The number of thioether (sulfide) groups is 1. The van der Waals surface area contributed by atoms with Crippen LogP contribution in [-0.2, 0) is 5.75 Å². The largest absolute Gasteiger partial charge is 0.478 e. The summed E-state index contributed by atoms with van der Waals surface area (Å²) < 4.78 is 6.65. The molecular weight excluding hydrogens is 384 g/mol. The van der Waals surface area contributed by atoms with Crippen molar-refractivity contribution in [3.05, 3.63) is 50.8 Å². The summed E-state index contributed by atoms with van der Waals surface area (Å²) in [6, 6.07) is 8.98. The molecule has 0 aliphatic carbocycles. The van der Waals surface area contributed by atoms with Crippen LogP contribution in [0.4, 0.5) is 0 Å². The number of furan rings is 1. The number of aromatic carboxylic acids is 1. The first kappa shape index (κ1) is 13.7. The van der Waals surface area contributed by atoms with Crippen molar-refractivity contribution in [2.45, 2.75) is 10.6 Å². The summed E-state index contributed by atoms with van der Waals surface area (Å²) in [5.41, 5.74) is 0.264. The van der Waals surface area contributed by atoms with E-state index in [9.17, 15) is 4.79 Å². The highest BCUT2D eigenvalue weighted by atomic mass is 79.9. The van der Waals surface area contributed by atoms with Crippen LogP contribution in [0.15, 0.2) is 48.8 Å². The van der Waals surface area contributed by atoms with Crippen molar-refractivity contribution in [2.75, 3.05) is 0 Å². The molecule has 0 aliphatic rings. The topological polar surface area (TPSA) is 50.4 Å². The van der Waals surface area contributed by atoms with Crippen LogP contribution in [-0.4, -0.2) is 11.1 Å². The first-order valence-electron chi connectivity index (χ1n) is 4.96. The summed E-state index contributed by atoms with van der Waals surface area (Å²) in [4.78, 5) is 11.9. The Morgan fingerprint density at radius 2 is 2.06 bits per heavy atom. The maximum absolute atomic E-state index is 11.0. The average Bonchev–Trinajstić information content (AvgIpc) is 2.74. The Morgan fingerprint density at radius 3 is 2.67 bits per heavy atom. The summed E-state index contributed by atoms with van der Waals surface area (Å²) in [5.74, 6) is 0.559. The normalized spacial score (nSPS) is 10.6. The second kappa shape index (κ2) is 5.95. The zero-order chi connectivity index (χ0) is 13.1. The van der Waals surface area contributed by atoms with Crippen molar-refractivity contribution in [3.63, 3.8) is 0 Å². The van der Waals surface area contributed by atoms with Gasteiger partial charge in [0.15, 0.2) is 4.67 Å². The van der Waals surface area contributed by atoms with Crippen molar-refractivity contribution in [3.8, 4) is 0 Å². The first-order valence-corrected chi connectivity index (χ1v) is 7.53. The maximum Gasteiger partial charge on any atom is 0.336 e. The Bertz CT molecular complexity index is 580.